The molecule has 1 aliphatic heterocycles. The van der Waals surface area contributed by atoms with Crippen molar-refractivity contribution >= 4 is 15.5 Å². The Balaban J connectivity index is 1.93. The number of hydrogen-bond acceptors (Lipinski definition) is 4. The summed E-state index contributed by atoms with van der Waals surface area (Å²) in [7, 11) is -3.69. The van der Waals surface area contributed by atoms with Gasteiger partial charge in [-0.15, -0.1) is 0 Å². The molecule has 0 spiro atoms. The van der Waals surface area contributed by atoms with Crippen LogP contribution in [0.1, 0.15) is 6.42 Å². The number of benzene rings is 2. The number of anilines is 1. The second-order valence-corrected chi connectivity index (χ2v) is 7.47. The lowest BCUT2D eigenvalue weighted by atomic mass is 10.2. The molecule has 23 heavy (non-hydrogen) atoms. The van der Waals surface area contributed by atoms with Crippen molar-refractivity contribution in [3.63, 3.8) is 0 Å². The van der Waals surface area contributed by atoms with E-state index < -0.39 is 15.7 Å². The van der Waals surface area contributed by atoms with Gasteiger partial charge in [-0.2, -0.15) is 0 Å². The Morgan fingerprint density at radius 2 is 1.74 bits per heavy atom. The highest BCUT2D eigenvalue weighted by molar-refractivity contribution is 7.91. The minimum Gasteiger partial charge on any atom is -0.368 e. The van der Waals surface area contributed by atoms with Gasteiger partial charge in [0, 0.05) is 19.6 Å². The lowest BCUT2D eigenvalue weighted by Crippen LogP contribution is -2.28. The van der Waals surface area contributed by atoms with Crippen LogP contribution in [0.25, 0.3) is 0 Å². The molecule has 6 heteroatoms. The standard InChI is InChI=1S/C17H19FN2O2S/c18-16-13-15(23(21,22)14-5-2-1-3-6-14)7-8-17(16)20-11-4-9-19-10-12-20/h1-3,5-8,13,19H,4,9-12H2. The molecule has 3 rings (SSSR count). The van der Waals surface area contributed by atoms with Crippen LogP contribution in [0.15, 0.2) is 58.3 Å². The molecule has 0 radical (unpaired) electrons. The van der Waals surface area contributed by atoms with Gasteiger partial charge in [0.25, 0.3) is 0 Å². The van der Waals surface area contributed by atoms with Crippen molar-refractivity contribution in [2.24, 2.45) is 0 Å². The third-order valence-corrected chi connectivity index (χ3v) is 5.73. The van der Waals surface area contributed by atoms with E-state index >= 15 is 0 Å². The van der Waals surface area contributed by atoms with Crippen molar-refractivity contribution < 1.29 is 12.8 Å². The largest absolute Gasteiger partial charge is 0.368 e. The van der Waals surface area contributed by atoms with Crippen LogP contribution in [-0.4, -0.2) is 34.6 Å². The van der Waals surface area contributed by atoms with Crippen LogP contribution < -0.4 is 10.2 Å². The summed E-state index contributed by atoms with van der Waals surface area (Å²) in [6.07, 6.45) is 0.934. The molecular formula is C17H19FN2O2S. The second-order valence-electron chi connectivity index (χ2n) is 5.52. The maximum Gasteiger partial charge on any atom is 0.206 e. The lowest BCUT2D eigenvalue weighted by Gasteiger charge is -2.23. The summed E-state index contributed by atoms with van der Waals surface area (Å²) >= 11 is 0. The first-order chi connectivity index (χ1) is 11.1. The number of rotatable bonds is 3. The number of nitrogens with one attached hydrogen (secondary N) is 1. The third-order valence-electron chi connectivity index (χ3n) is 3.96. The van der Waals surface area contributed by atoms with E-state index in [4.69, 9.17) is 0 Å². The van der Waals surface area contributed by atoms with Gasteiger partial charge in [0.15, 0.2) is 0 Å². The molecule has 122 valence electrons. The smallest absolute Gasteiger partial charge is 0.206 e. The van der Waals surface area contributed by atoms with E-state index in [-0.39, 0.29) is 9.79 Å². The summed E-state index contributed by atoms with van der Waals surface area (Å²) < 4.78 is 39.6. The molecule has 0 bridgehead atoms. The van der Waals surface area contributed by atoms with E-state index in [1.165, 1.54) is 18.2 Å². The van der Waals surface area contributed by atoms with E-state index in [2.05, 4.69) is 5.32 Å². The Morgan fingerprint density at radius 1 is 0.957 bits per heavy atom. The molecule has 1 saturated heterocycles. The van der Waals surface area contributed by atoms with Crippen LogP contribution in [-0.2, 0) is 9.84 Å². The predicted molar refractivity (Wildman–Crippen MR) is 88.0 cm³/mol. The minimum atomic E-state index is -3.69. The number of halogens is 1. The average Bonchev–Trinajstić information content (AvgIpc) is 2.85. The molecule has 0 saturated carbocycles. The van der Waals surface area contributed by atoms with Gasteiger partial charge < -0.3 is 10.2 Å². The van der Waals surface area contributed by atoms with E-state index in [1.54, 1.807) is 24.3 Å². The highest BCUT2D eigenvalue weighted by Gasteiger charge is 2.21. The summed E-state index contributed by atoms with van der Waals surface area (Å²) in [6.45, 7) is 3.18. The van der Waals surface area contributed by atoms with Crippen molar-refractivity contribution in [3.8, 4) is 0 Å². The van der Waals surface area contributed by atoms with Crippen molar-refractivity contribution in [2.45, 2.75) is 16.2 Å². The fraction of sp³-hybridized carbons (Fsp3) is 0.294. The first-order valence-electron chi connectivity index (χ1n) is 7.64. The van der Waals surface area contributed by atoms with Crippen LogP contribution in [0.3, 0.4) is 0 Å². The fourth-order valence-corrected chi connectivity index (χ4v) is 4.03. The molecule has 0 unspecified atom stereocenters. The highest BCUT2D eigenvalue weighted by Crippen LogP contribution is 2.26. The molecule has 2 aromatic rings. The summed E-state index contributed by atoms with van der Waals surface area (Å²) in [5.74, 6) is -0.496. The van der Waals surface area contributed by atoms with E-state index in [1.807, 2.05) is 4.90 Å². The summed E-state index contributed by atoms with van der Waals surface area (Å²) in [5, 5.41) is 3.26. The fourth-order valence-electron chi connectivity index (χ4n) is 2.73. The average molecular weight is 334 g/mol. The Morgan fingerprint density at radius 3 is 2.48 bits per heavy atom. The van der Waals surface area contributed by atoms with Gasteiger partial charge in [0.1, 0.15) is 5.82 Å². The van der Waals surface area contributed by atoms with Crippen LogP contribution in [0.4, 0.5) is 10.1 Å². The zero-order valence-electron chi connectivity index (χ0n) is 12.7. The molecule has 1 fully saturated rings. The quantitative estimate of drug-likeness (QED) is 0.937. The van der Waals surface area contributed by atoms with E-state index in [0.29, 0.717) is 12.2 Å². The number of nitrogens with zero attached hydrogens (tertiary/aromatic N) is 1. The van der Waals surface area contributed by atoms with Gasteiger partial charge in [0.2, 0.25) is 9.84 Å². The zero-order chi connectivity index (χ0) is 16.3. The molecule has 1 aliphatic rings. The molecule has 0 aliphatic carbocycles. The maximum absolute atomic E-state index is 14.5. The van der Waals surface area contributed by atoms with Gasteiger partial charge in [-0.1, -0.05) is 18.2 Å². The van der Waals surface area contributed by atoms with Gasteiger partial charge >= 0.3 is 0 Å². The summed E-state index contributed by atoms with van der Waals surface area (Å²) in [5.41, 5.74) is 0.459. The van der Waals surface area contributed by atoms with Crippen LogP contribution in [0.2, 0.25) is 0 Å². The van der Waals surface area contributed by atoms with Crippen LogP contribution >= 0.6 is 0 Å². The topological polar surface area (TPSA) is 49.4 Å². The van der Waals surface area contributed by atoms with Gasteiger partial charge in [-0.25, -0.2) is 12.8 Å². The Kier molecular flexibility index (Phi) is 4.63. The predicted octanol–water partition coefficient (Wildman–Crippen LogP) is 2.46. The van der Waals surface area contributed by atoms with Crippen molar-refractivity contribution in [2.75, 3.05) is 31.1 Å². The Labute approximate surface area is 135 Å². The molecular weight excluding hydrogens is 315 g/mol. The minimum absolute atomic E-state index is 0.0158. The molecule has 1 N–H and O–H groups in total. The summed E-state index contributed by atoms with van der Waals surface area (Å²) in [4.78, 5) is 2.11. The van der Waals surface area contributed by atoms with Crippen LogP contribution in [0.5, 0.6) is 0 Å². The molecule has 0 atom stereocenters. The van der Waals surface area contributed by atoms with Crippen LogP contribution in [0, 0.1) is 5.82 Å². The monoisotopic (exact) mass is 334 g/mol. The first-order valence-corrected chi connectivity index (χ1v) is 9.13. The molecule has 0 amide bonds. The van der Waals surface area contributed by atoms with Crippen molar-refractivity contribution in [3.05, 3.63) is 54.3 Å². The second kappa shape index (κ2) is 6.68. The number of sulfone groups is 1. The van der Waals surface area contributed by atoms with Crippen molar-refractivity contribution in [1.29, 1.82) is 0 Å². The third kappa shape index (κ3) is 3.38. The molecule has 4 nitrogen and oxygen atoms in total. The Bertz CT molecular complexity index is 770. The number of hydrogen-bond donors (Lipinski definition) is 1. The lowest BCUT2D eigenvalue weighted by molar-refractivity contribution is 0.589. The SMILES string of the molecule is O=S(=O)(c1ccccc1)c1ccc(N2CCCNCC2)c(F)c1. The van der Waals surface area contributed by atoms with Crippen molar-refractivity contribution in [1.82, 2.24) is 5.32 Å². The molecule has 1 heterocycles. The van der Waals surface area contributed by atoms with Gasteiger partial charge in [-0.05, 0) is 43.3 Å². The zero-order valence-corrected chi connectivity index (χ0v) is 13.5. The normalized spacial score (nSPS) is 16.1. The molecule has 0 aromatic heterocycles. The van der Waals surface area contributed by atoms with Gasteiger partial charge in [-0.3, -0.25) is 0 Å². The molecule has 2 aromatic carbocycles. The maximum atomic E-state index is 14.5. The van der Waals surface area contributed by atoms with E-state index in [9.17, 15) is 12.8 Å². The highest BCUT2D eigenvalue weighted by atomic mass is 32.2. The first kappa shape index (κ1) is 16.0. The Hall–Kier alpha value is -1.92. The summed E-state index contributed by atoms with van der Waals surface area (Å²) in [6, 6.07) is 12.3. The van der Waals surface area contributed by atoms with Gasteiger partial charge in [0.05, 0.1) is 15.5 Å². The van der Waals surface area contributed by atoms with E-state index in [0.717, 1.165) is 32.1 Å².